The molecule has 77 heavy (non-hydrogen) atoms. The quantitative estimate of drug-likeness (QED) is 0.0416. The van der Waals surface area contributed by atoms with Crippen molar-refractivity contribution in [2.75, 3.05) is 58.0 Å². The molecule has 404 valence electrons. The van der Waals surface area contributed by atoms with E-state index in [1.807, 2.05) is 52.0 Å². The van der Waals surface area contributed by atoms with Crippen molar-refractivity contribution < 1.29 is 47.3 Å². The highest BCUT2D eigenvalue weighted by Gasteiger charge is 2.44. The summed E-state index contributed by atoms with van der Waals surface area (Å²) in [4.78, 5) is 73.8. The van der Waals surface area contributed by atoms with Crippen molar-refractivity contribution in [2.24, 2.45) is 10.4 Å². The topological polar surface area (TPSA) is 219 Å². The van der Waals surface area contributed by atoms with Gasteiger partial charge in [-0.2, -0.15) is 0 Å². The Bertz CT molecular complexity index is 3080. The van der Waals surface area contributed by atoms with E-state index in [-0.39, 0.29) is 108 Å². The van der Waals surface area contributed by atoms with Gasteiger partial charge in [0.2, 0.25) is 23.7 Å². The molecule has 0 unspecified atom stereocenters. The number of β-amino-alcohol motifs (C(OH)–C–C–N with tert-alkyl or cyclic N) is 1. The van der Waals surface area contributed by atoms with Gasteiger partial charge in [0.25, 0.3) is 5.91 Å². The summed E-state index contributed by atoms with van der Waals surface area (Å²) in [5, 5.41) is 22.7. The van der Waals surface area contributed by atoms with Crippen molar-refractivity contribution in [1.29, 1.82) is 0 Å². The number of nitrogens with one attached hydrogen (secondary N) is 4. The molecule has 4 aromatic carbocycles. The molecule has 2 aliphatic rings. The molecule has 0 radical (unpaired) electrons. The summed E-state index contributed by atoms with van der Waals surface area (Å²) in [6.07, 6.45) is 0.802. The van der Waals surface area contributed by atoms with Crippen LogP contribution in [0.1, 0.15) is 71.9 Å². The van der Waals surface area contributed by atoms with Crippen LogP contribution in [0.3, 0.4) is 0 Å². The second-order valence-electron chi connectivity index (χ2n) is 19.5. The molecule has 1 saturated heterocycles. The number of aliphatic hydroxyl groups is 1. The Morgan fingerprint density at radius 2 is 1.57 bits per heavy atom. The fourth-order valence-electron chi connectivity index (χ4n) is 8.82. The Labute approximate surface area is 453 Å². The van der Waals surface area contributed by atoms with Gasteiger partial charge in [-0.05, 0) is 72.0 Å². The molecule has 0 saturated carbocycles. The normalized spacial score (nSPS) is 15.4. The standard InChI is InChI=1S/C56H60ClF2N9O8S/c1-33-50(77-32-64-33)35-10-8-34(9-11-35)28-62-53(72)45-27-40(69)31-68(45)54(73)51(56(2,3)4)66-46(70)18-20-74-22-24-76-25-23-75-21-19-60-52(71)36-12-15-39(16-13-36)65-55-63-30-37-29-61-49(47-43(58)6-5-7-44(47)59)42-26-38(57)14-17-41(42)48(37)67-55/h5-17,26,30,32,40,45,51,69H,18-25,27-29,31H2,1-4H3,(H,60,71)(H,62,72)(H,66,70)(H,63,65,67)/t40-,45+,51-/m1/s1. The smallest absolute Gasteiger partial charge is 0.251 e. The predicted molar refractivity (Wildman–Crippen MR) is 289 cm³/mol. The fraction of sp³-hybridized carbons (Fsp3) is 0.357. The molecular weight excluding hydrogens is 1030 g/mol. The van der Waals surface area contributed by atoms with Crippen LogP contribution in [0.15, 0.2) is 102 Å². The number of carbonyl (C=O) groups is 4. The third-order valence-corrected chi connectivity index (χ3v) is 14.0. The lowest BCUT2D eigenvalue weighted by Gasteiger charge is -2.35. The molecule has 5 N–H and O–H groups in total. The van der Waals surface area contributed by atoms with Crippen molar-refractivity contribution in [1.82, 2.24) is 35.8 Å². The van der Waals surface area contributed by atoms with Crippen molar-refractivity contribution in [3.8, 4) is 21.7 Å². The van der Waals surface area contributed by atoms with Crippen LogP contribution in [-0.4, -0.2) is 125 Å². The molecule has 4 amide bonds. The van der Waals surface area contributed by atoms with Crippen molar-refractivity contribution in [3.63, 3.8) is 0 Å². The number of thiazole rings is 1. The van der Waals surface area contributed by atoms with Crippen LogP contribution in [0.5, 0.6) is 0 Å². The summed E-state index contributed by atoms with van der Waals surface area (Å²) in [5.74, 6) is -2.75. The zero-order valence-electron chi connectivity index (χ0n) is 43.0. The summed E-state index contributed by atoms with van der Waals surface area (Å²) in [5.41, 5.74) is 7.08. The highest BCUT2D eigenvalue weighted by atomic mass is 35.5. The van der Waals surface area contributed by atoms with Gasteiger partial charge in [-0.3, -0.25) is 24.2 Å². The van der Waals surface area contributed by atoms with Crippen LogP contribution in [0.4, 0.5) is 20.4 Å². The molecular formula is C56H60ClF2N9O8S. The number of halogens is 3. The molecule has 2 aromatic heterocycles. The number of aliphatic hydroxyl groups excluding tert-OH is 1. The van der Waals surface area contributed by atoms with Crippen LogP contribution in [-0.2, 0) is 41.7 Å². The van der Waals surface area contributed by atoms with E-state index in [4.69, 9.17) is 30.8 Å². The average molecular weight is 1090 g/mol. The number of aromatic nitrogens is 3. The van der Waals surface area contributed by atoms with Crippen molar-refractivity contribution in [2.45, 2.75) is 71.8 Å². The number of aliphatic imine (C=N–C) groups is 1. The number of ether oxygens (including phenoxy) is 3. The number of nitrogens with zero attached hydrogens (tertiary/aromatic N) is 5. The molecule has 0 aliphatic carbocycles. The second-order valence-corrected chi connectivity index (χ2v) is 20.8. The van der Waals surface area contributed by atoms with Crippen molar-refractivity contribution in [3.05, 3.63) is 147 Å². The minimum Gasteiger partial charge on any atom is -0.391 e. The maximum Gasteiger partial charge on any atom is 0.251 e. The molecule has 0 spiro atoms. The second kappa shape index (κ2) is 25.8. The van der Waals surface area contributed by atoms with E-state index >= 15 is 0 Å². The number of aryl methyl sites for hydroxylation is 1. The number of hydrogen-bond acceptors (Lipinski definition) is 14. The van der Waals surface area contributed by atoms with Gasteiger partial charge in [-0.15, -0.1) is 11.3 Å². The monoisotopic (exact) mass is 1090 g/mol. The Kier molecular flexibility index (Phi) is 18.8. The first kappa shape index (κ1) is 56.1. The van der Waals surface area contributed by atoms with Crippen LogP contribution in [0, 0.1) is 24.0 Å². The lowest BCUT2D eigenvalue weighted by Crippen LogP contribution is -2.57. The van der Waals surface area contributed by atoms with Crippen LogP contribution >= 0.6 is 22.9 Å². The lowest BCUT2D eigenvalue weighted by molar-refractivity contribution is -0.144. The first-order chi connectivity index (χ1) is 37.0. The van der Waals surface area contributed by atoms with Gasteiger partial charge in [0, 0.05) is 71.6 Å². The Balaban J connectivity index is 0.695. The first-order valence-electron chi connectivity index (χ1n) is 25.1. The number of fused-ring (bicyclic) bond motifs is 3. The summed E-state index contributed by atoms with van der Waals surface area (Å²) in [6, 6.07) is 21.4. The van der Waals surface area contributed by atoms with E-state index in [1.165, 1.54) is 23.1 Å². The summed E-state index contributed by atoms with van der Waals surface area (Å²) >= 11 is 7.91. The molecule has 2 aliphatic heterocycles. The molecule has 0 bridgehead atoms. The number of anilines is 2. The summed E-state index contributed by atoms with van der Waals surface area (Å²) in [7, 11) is 0. The highest BCUT2D eigenvalue weighted by molar-refractivity contribution is 7.13. The molecule has 8 rings (SSSR count). The van der Waals surface area contributed by atoms with Crippen LogP contribution in [0.2, 0.25) is 5.02 Å². The molecule has 6 aromatic rings. The zero-order chi connectivity index (χ0) is 54.6. The Morgan fingerprint density at radius 1 is 0.870 bits per heavy atom. The SMILES string of the molecule is Cc1ncsc1-c1ccc(CNC(=O)[C@@H]2C[C@@H](O)CN2C(=O)[C@@H](NC(=O)CCOCCOCCOCCNC(=O)c2ccc(Nc3ncc4c(n3)-c3ccc(Cl)cc3C(c3c(F)cccc3F)=NC4)cc2)C(C)(C)C)cc1. The third-order valence-electron chi connectivity index (χ3n) is 12.8. The van der Waals surface area contributed by atoms with Gasteiger partial charge in [0.1, 0.15) is 23.7 Å². The highest BCUT2D eigenvalue weighted by Crippen LogP contribution is 2.35. The molecule has 3 atom stereocenters. The minimum atomic E-state index is -0.958. The minimum absolute atomic E-state index is 0.00942. The van der Waals surface area contributed by atoms with Crippen LogP contribution in [0.25, 0.3) is 21.7 Å². The largest absolute Gasteiger partial charge is 0.391 e. The molecule has 17 nitrogen and oxygen atoms in total. The Morgan fingerprint density at radius 3 is 2.26 bits per heavy atom. The Hall–Kier alpha value is -7.07. The number of carbonyl (C=O) groups excluding carboxylic acids is 4. The van der Waals surface area contributed by atoms with Crippen molar-refractivity contribution >= 4 is 63.9 Å². The summed E-state index contributed by atoms with van der Waals surface area (Å²) in [6.45, 7) is 9.38. The zero-order valence-corrected chi connectivity index (χ0v) is 44.6. The van der Waals surface area contributed by atoms with Gasteiger partial charge in [-0.25, -0.2) is 23.7 Å². The van der Waals surface area contributed by atoms with Gasteiger partial charge in [-0.1, -0.05) is 68.8 Å². The molecule has 4 heterocycles. The molecule has 1 fully saturated rings. The maximum absolute atomic E-state index is 15.0. The first-order valence-corrected chi connectivity index (χ1v) is 26.4. The predicted octanol–water partition coefficient (Wildman–Crippen LogP) is 7.58. The van der Waals surface area contributed by atoms with E-state index in [2.05, 4.69) is 36.2 Å². The number of likely N-dealkylation sites (tertiary alicyclic amines) is 1. The average Bonchev–Trinajstić information content (AvgIpc) is 4.01. The van der Waals surface area contributed by atoms with E-state index < -0.39 is 47.1 Å². The van der Waals surface area contributed by atoms with E-state index in [9.17, 15) is 33.1 Å². The van der Waals surface area contributed by atoms with E-state index in [0.717, 1.165) is 21.7 Å². The number of amides is 4. The third kappa shape index (κ3) is 14.5. The van der Waals surface area contributed by atoms with E-state index in [1.54, 1.807) is 65.5 Å². The number of rotatable bonds is 22. The summed E-state index contributed by atoms with van der Waals surface area (Å²) < 4.78 is 46.7. The van der Waals surface area contributed by atoms with Gasteiger partial charge >= 0.3 is 0 Å². The van der Waals surface area contributed by atoms with Gasteiger partial charge < -0.3 is 45.5 Å². The van der Waals surface area contributed by atoms with Gasteiger partial charge in [0.05, 0.1) is 85.3 Å². The number of hydrogen-bond donors (Lipinski definition) is 5. The maximum atomic E-state index is 15.0. The van der Waals surface area contributed by atoms with E-state index in [0.29, 0.717) is 38.7 Å². The lowest BCUT2D eigenvalue weighted by atomic mass is 9.85. The number of benzene rings is 4. The van der Waals surface area contributed by atoms with Gasteiger partial charge in [0.15, 0.2) is 0 Å². The van der Waals surface area contributed by atoms with Crippen LogP contribution < -0.4 is 21.3 Å². The fourth-order valence-corrected chi connectivity index (χ4v) is 9.80. The molecule has 21 heteroatoms.